The second-order valence-corrected chi connectivity index (χ2v) is 6.73. The van der Waals surface area contributed by atoms with Crippen LogP contribution in [0.1, 0.15) is 46.1 Å². The van der Waals surface area contributed by atoms with Gasteiger partial charge in [-0.15, -0.1) is 6.58 Å². The summed E-state index contributed by atoms with van der Waals surface area (Å²) in [4.78, 5) is 2.35. The van der Waals surface area contributed by atoms with Crippen molar-refractivity contribution in [2.24, 2.45) is 5.92 Å². The SMILES string of the molecule is C=CCN(Cc1ccc(CNCC(C)C)o1)C(C)(C)C. The highest BCUT2D eigenvalue weighted by atomic mass is 16.3. The molecule has 0 aliphatic rings. The summed E-state index contributed by atoms with van der Waals surface area (Å²) in [5.74, 6) is 2.68. The van der Waals surface area contributed by atoms with Crippen LogP contribution in [0, 0.1) is 5.92 Å². The van der Waals surface area contributed by atoms with E-state index in [4.69, 9.17) is 4.42 Å². The monoisotopic (exact) mass is 278 g/mol. The minimum absolute atomic E-state index is 0.108. The number of nitrogens with one attached hydrogen (secondary N) is 1. The van der Waals surface area contributed by atoms with E-state index < -0.39 is 0 Å². The highest BCUT2D eigenvalue weighted by Crippen LogP contribution is 2.18. The molecule has 0 saturated carbocycles. The molecule has 0 bridgehead atoms. The summed E-state index contributed by atoms with van der Waals surface area (Å²) in [7, 11) is 0. The predicted octanol–water partition coefficient (Wildman–Crippen LogP) is 3.81. The molecule has 1 aromatic rings. The van der Waals surface area contributed by atoms with Gasteiger partial charge < -0.3 is 9.73 Å². The van der Waals surface area contributed by atoms with Crippen LogP contribution in [-0.4, -0.2) is 23.5 Å². The van der Waals surface area contributed by atoms with Gasteiger partial charge in [-0.1, -0.05) is 19.9 Å². The molecule has 0 unspecified atom stereocenters. The van der Waals surface area contributed by atoms with E-state index >= 15 is 0 Å². The average Bonchev–Trinajstić information content (AvgIpc) is 2.74. The molecule has 0 atom stereocenters. The van der Waals surface area contributed by atoms with Crippen LogP contribution in [-0.2, 0) is 13.1 Å². The van der Waals surface area contributed by atoms with Gasteiger partial charge in [0.25, 0.3) is 0 Å². The Labute approximate surface area is 124 Å². The minimum Gasteiger partial charge on any atom is -0.463 e. The third-order valence-corrected chi connectivity index (χ3v) is 3.21. The molecule has 0 amide bonds. The molecular formula is C17H30N2O. The maximum Gasteiger partial charge on any atom is 0.118 e. The van der Waals surface area contributed by atoms with E-state index in [0.717, 1.165) is 37.7 Å². The standard InChI is InChI=1S/C17H30N2O/c1-7-10-19(17(4,5)6)13-16-9-8-15(20-16)12-18-11-14(2)3/h7-9,14,18H,1,10-13H2,2-6H3. The van der Waals surface area contributed by atoms with Crippen LogP contribution in [0.5, 0.6) is 0 Å². The van der Waals surface area contributed by atoms with Crippen LogP contribution in [0.4, 0.5) is 0 Å². The first kappa shape index (κ1) is 17.0. The Bertz CT molecular complexity index is 401. The highest BCUT2D eigenvalue weighted by molar-refractivity contribution is 5.07. The van der Waals surface area contributed by atoms with Gasteiger partial charge in [-0.25, -0.2) is 0 Å². The van der Waals surface area contributed by atoms with Crippen molar-refractivity contribution in [3.8, 4) is 0 Å². The Kier molecular flexibility index (Phi) is 6.50. The van der Waals surface area contributed by atoms with E-state index in [1.165, 1.54) is 0 Å². The van der Waals surface area contributed by atoms with Crippen molar-refractivity contribution in [3.63, 3.8) is 0 Å². The van der Waals surface area contributed by atoms with E-state index in [-0.39, 0.29) is 5.54 Å². The van der Waals surface area contributed by atoms with Gasteiger partial charge >= 0.3 is 0 Å². The van der Waals surface area contributed by atoms with E-state index in [1.54, 1.807) is 0 Å². The first-order valence-corrected chi connectivity index (χ1v) is 7.47. The Morgan fingerprint density at radius 2 is 1.95 bits per heavy atom. The molecular weight excluding hydrogens is 248 g/mol. The molecule has 3 heteroatoms. The van der Waals surface area contributed by atoms with Crippen LogP contribution >= 0.6 is 0 Å². The second-order valence-electron chi connectivity index (χ2n) is 6.73. The van der Waals surface area contributed by atoms with Crippen molar-refractivity contribution in [2.75, 3.05) is 13.1 Å². The molecule has 114 valence electrons. The summed E-state index contributed by atoms with van der Waals surface area (Å²) in [6, 6.07) is 4.14. The molecule has 1 aromatic heterocycles. The highest BCUT2D eigenvalue weighted by Gasteiger charge is 2.21. The fourth-order valence-corrected chi connectivity index (χ4v) is 2.01. The van der Waals surface area contributed by atoms with Crippen molar-refractivity contribution in [1.29, 1.82) is 0 Å². The van der Waals surface area contributed by atoms with Gasteiger partial charge in [-0.2, -0.15) is 0 Å². The number of hydrogen-bond donors (Lipinski definition) is 1. The van der Waals surface area contributed by atoms with Crippen LogP contribution in [0.2, 0.25) is 0 Å². The lowest BCUT2D eigenvalue weighted by atomic mass is 10.1. The predicted molar refractivity (Wildman–Crippen MR) is 85.6 cm³/mol. The van der Waals surface area contributed by atoms with E-state index in [1.807, 2.05) is 6.08 Å². The van der Waals surface area contributed by atoms with E-state index in [2.05, 4.69) is 63.5 Å². The summed E-state index contributed by atoms with van der Waals surface area (Å²) < 4.78 is 5.90. The second kappa shape index (κ2) is 7.65. The van der Waals surface area contributed by atoms with Crippen molar-refractivity contribution < 1.29 is 4.42 Å². The van der Waals surface area contributed by atoms with Gasteiger partial charge in [0.1, 0.15) is 11.5 Å². The number of rotatable bonds is 8. The first-order valence-electron chi connectivity index (χ1n) is 7.47. The fourth-order valence-electron chi connectivity index (χ4n) is 2.01. The van der Waals surface area contributed by atoms with Gasteiger partial charge in [-0.05, 0) is 45.4 Å². The molecule has 0 aliphatic carbocycles. The maximum atomic E-state index is 5.90. The quantitative estimate of drug-likeness (QED) is 0.733. The molecule has 0 fully saturated rings. The Hall–Kier alpha value is -1.06. The third-order valence-electron chi connectivity index (χ3n) is 3.21. The lowest BCUT2D eigenvalue weighted by molar-refractivity contribution is 0.133. The molecule has 1 N–H and O–H groups in total. The number of nitrogens with zero attached hydrogens (tertiary/aromatic N) is 1. The zero-order chi connectivity index (χ0) is 15.2. The zero-order valence-corrected chi connectivity index (χ0v) is 13.7. The third kappa shape index (κ3) is 5.93. The summed E-state index contributed by atoms with van der Waals surface area (Å²) in [6.45, 7) is 18.4. The zero-order valence-electron chi connectivity index (χ0n) is 13.7. The largest absolute Gasteiger partial charge is 0.463 e. The number of furan rings is 1. The van der Waals surface area contributed by atoms with Gasteiger partial charge in [-0.3, -0.25) is 4.90 Å². The lowest BCUT2D eigenvalue weighted by Gasteiger charge is -2.34. The maximum absolute atomic E-state index is 5.90. The normalized spacial score (nSPS) is 12.3. The van der Waals surface area contributed by atoms with Gasteiger partial charge in [0.05, 0.1) is 13.1 Å². The molecule has 0 aromatic carbocycles. The fraction of sp³-hybridized carbons (Fsp3) is 0.647. The van der Waals surface area contributed by atoms with Crippen LogP contribution in [0.3, 0.4) is 0 Å². The van der Waals surface area contributed by atoms with Crippen molar-refractivity contribution in [1.82, 2.24) is 10.2 Å². The summed E-state index contributed by atoms with van der Waals surface area (Å²) in [6.07, 6.45) is 1.94. The molecule has 0 aliphatic heterocycles. The van der Waals surface area contributed by atoms with Crippen molar-refractivity contribution in [3.05, 3.63) is 36.3 Å². The minimum atomic E-state index is 0.108. The molecule has 0 spiro atoms. The van der Waals surface area contributed by atoms with E-state index in [0.29, 0.717) is 5.92 Å². The Morgan fingerprint density at radius 1 is 1.30 bits per heavy atom. The molecule has 3 nitrogen and oxygen atoms in total. The Morgan fingerprint density at radius 3 is 2.50 bits per heavy atom. The first-order chi connectivity index (χ1) is 9.32. The van der Waals surface area contributed by atoms with Gasteiger partial charge in [0.2, 0.25) is 0 Å². The molecule has 1 rings (SSSR count). The van der Waals surface area contributed by atoms with Crippen LogP contribution < -0.4 is 5.32 Å². The molecule has 0 saturated heterocycles. The van der Waals surface area contributed by atoms with Gasteiger partial charge in [0.15, 0.2) is 0 Å². The molecule has 20 heavy (non-hydrogen) atoms. The van der Waals surface area contributed by atoms with E-state index in [9.17, 15) is 0 Å². The van der Waals surface area contributed by atoms with Crippen LogP contribution in [0.15, 0.2) is 29.2 Å². The van der Waals surface area contributed by atoms with Crippen molar-refractivity contribution in [2.45, 2.75) is 53.2 Å². The topological polar surface area (TPSA) is 28.4 Å². The summed E-state index contributed by atoms with van der Waals surface area (Å²) >= 11 is 0. The summed E-state index contributed by atoms with van der Waals surface area (Å²) in [5, 5.41) is 3.40. The Balaban J connectivity index is 2.55. The molecule has 0 radical (unpaired) electrons. The van der Waals surface area contributed by atoms with Gasteiger partial charge in [0, 0.05) is 12.1 Å². The lowest BCUT2D eigenvalue weighted by Crippen LogP contribution is -2.40. The number of hydrogen-bond acceptors (Lipinski definition) is 3. The van der Waals surface area contributed by atoms with Crippen molar-refractivity contribution >= 4 is 0 Å². The molecule has 1 heterocycles. The average molecular weight is 278 g/mol. The summed E-state index contributed by atoms with van der Waals surface area (Å²) in [5.41, 5.74) is 0.108. The smallest absolute Gasteiger partial charge is 0.118 e. The van der Waals surface area contributed by atoms with Crippen LogP contribution in [0.25, 0.3) is 0 Å².